The molecule has 9 heteroatoms. The molecule has 5 rings (SSSR count). The van der Waals surface area contributed by atoms with Crippen molar-refractivity contribution in [3.63, 3.8) is 0 Å². The number of carboxylic acid groups (broad SMARTS) is 2. The lowest BCUT2D eigenvalue weighted by molar-refractivity contribution is -0.137. The zero-order valence-corrected chi connectivity index (χ0v) is 22.7. The van der Waals surface area contributed by atoms with Gasteiger partial charge in [-0.1, -0.05) is 47.7 Å². The van der Waals surface area contributed by atoms with E-state index in [1.165, 1.54) is 16.7 Å². The highest BCUT2D eigenvalue weighted by atomic mass is 16.5. The van der Waals surface area contributed by atoms with Gasteiger partial charge in [0.2, 0.25) is 0 Å². The molecule has 0 saturated carbocycles. The molecular formula is C30H34N4O5. The average molecular weight is 531 g/mol. The zero-order chi connectivity index (χ0) is 28.1. The van der Waals surface area contributed by atoms with Crippen LogP contribution in [0.4, 0.5) is 0 Å². The molecule has 2 N–H and O–H groups in total. The molecule has 9 nitrogen and oxygen atoms in total. The molecule has 1 aliphatic heterocycles. The van der Waals surface area contributed by atoms with Crippen molar-refractivity contribution < 1.29 is 24.5 Å². The molecule has 2 heterocycles. The number of nitrogens with zero attached hydrogens (tertiary/aromatic N) is 4. The second-order valence-corrected chi connectivity index (χ2v) is 10.0. The minimum Gasteiger partial charge on any atom is -0.489 e. The fourth-order valence-electron chi connectivity index (χ4n) is 5.32. The fraction of sp³-hybridized carbons (Fsp3) is 0.333. The van der Waals surface area contributed by atoms with E-state index in [0.717, 1.165) is 53.1 Å². The molecule has 1 unspecified atom stereocenters. The third kappa shape index (κ3) is 6.26. The molecule has 1 aliphatic rings. The number of fused-ring (bicyclic) bond motifs is 2. The van der Waals surface area contributed by atoms with E-state index in [-0.39, 0.29) is 24.9 Å². The number of aliphatic carboxylic acids is 1. The Labute approximate surface area is 227 Å². The first-order chi connectivity index (χ1) is 18.7. The van der Waals surface area contributed by atoms with Gasteiger partial charge in [-0.15, -0.1) is 5.10 Å². The van der Waals surface area contributed by atoms with Crippen LogP contribution in [0.1, 0.15) is 52.6 Å². The van der Waals surface area contributed by atoms with E-state index in [4.69, 9.17) is 14.6 Å². The Morgan fingerprint density at radius 1 is 1.18 bits per heavy atom. The van der Waals surface area contributed by atoms with Gasteiger partial charge in [-0.3, -0.25) is 14.5 Å². The maximum absolute atomic E-state index is 11.9. The third-order valence-corrected chi connectivity index (χ3v) is 7.21. The van der Waals surface area contributed by atoms with E-state index < -0.39 is 5.97 Å². The van der Waals surface area contributed by atoms with Crippen molar-refractivity contribution in [2.75, 3.05) is 6.54 Å². The van der Waals surface area contributed by atoms with Gasteiger partial charge in [0.05, 0.1) is 11.9 Å². The Morgan fingerprint density at radius 3 is 2.67 bits per heavy atom. The molecule has 4 aromatic rings. The monoisotopic (exact) mass is 530 g/mol. The van der Waals surface area contributed by atoms with Crippen LogP contribution in [0.25, 0.3) is 11.0 Å². The number of benzene rings is 3. The number of hydrogen-bond acceptors (Lipinski definition) is 6. The summed E-state index contributed by atoms with van der Waals surface area (Å²) in [5, 5.41) is 25.2. The maximum atomic E-state index is 11.9. The molecule has 0 amide bonds. The summed E-state index contributed by atoms with van der Waals surface area (Å²) in [6, 6.07) is 18.6. The molecule has 0 bridgehead atoms. The van der Waals surface area contributed by atoms with Gasteiger partial charge in [-0.2, -0.15) is 0 Å². The first kappa shape index (κ1) is 27.8. The van der Waals surface area contributed by atoms with Gasteiger partial charge < -0.3 is 14.9 Å². The molecule has 0 aliphatic carbocycles. The maximum Gasteiger partial charge on any atom is 0.304 e. The van der Waals surface area contributed by atoms with Crippen LogP contribution in [0.15, 0.2) is 54.6 Å². The van der Waals surface area contributed by atoms with Crippen LogP contribution in [0.2, 0.25) is 0 Å². The van der Waals surface area contributed by atoms with Crippen molar-refractivity contribution in [1.82, 2.24) is 19.9 Å². The Kier molecular flexibility index (Phi) is 8.61. The summed E-state index contributed by atoms with van der Waals surface area (Å²) in [5.74, 6) is -0.148. The van der Waals surface area contributed by atoms with Crippen LogP contribution in [0.5, 0.6) is 5.75 Å². The molecule has 39 heavy (non-hydrogen) atoms. The number of aromatic nitrogens is 3. The van der Waals surface area contributed by atoms with Crippen LogP contribution in [-0.4, -0.2) is 55.2 Å². The summed E-state index contributed by atoms with van der Waals surface area (Å²) >= 11 is 0. The van der Waals surface area contributed by atoms with E-state index in [1.807, 2.05) is 38.2 Å². The van der Waals surface area contributed by atoms with Gasteiger partial charge in [0.1, 0.15) is 17.4 Å². The highest BCUT2D eigenvalue weighted by Crippen LogP contribution is 2.35. The molecule has 0 saturated heterocycles. The van der Waals surface area contributed by atoms with Gasteiger partial charge in [-0.25, -0.2) is 4.68 Å². The van der Waals surface area contributed by atoms with Crippen LogP contribution >= 0.6 is 0 Å². The van der Waals surface area contributed by atoms with Crippen molar-refractivity contribution in [2.45, 2.75) is 52.3 Å². The van der Waals surface area contributed by atoms with Crippen molar-refractivity contribution in [1.29, 1.82) is 0 Å². The molecule has 1 aromatic heterocycles. The molecule has 0 fully saturated rings. The first-order valence-electron chi connectivity index (χ1n) is 12.9. The largest absolute Gasteiger partial charge is 0.489 e. The van der Waals surface area contributed by atoms with Gasteiger partial charge in [0, 0.05) is 38.2 Å². The topological polar surface area (TPSA) is 118 Å². The molecule has 0 radical (unpaired) electrons. The van der Waals surface area contributed by atoms with Crippen LogP contribution < -0.4 is 4.74 Å². The summed E-state index contributed by atoms with van der Waals surface area (Å²) in [6.45, 7) is 8.38. The predicted molar refractivity (Wildman–Crippen MR) is 148 cm³/mol. The second-order valence-electron chi connectivity index (χ2n) is 10.0. The van der Waals surface area contributed by atoms with E-state index in [0.29, 0.717) is 0 Å². The molecule has 3 aromatic carbocycles. The minimum absolute atomic E-state index is 0.0110. The normalized spacial score (nSPS) is 15.8. The summed E-state index contributed by atoms with van der Waals surface area (Å²) in [6.07, 6.45) is 0.0927. The van der Waals surface area contributed by atoms with E-state index >= 15 is 0 Å². The Hall–Kier alpha value is -4.24. The van der Waals surface area contributed by atoms with E-state index in [2.05, 4.69) is 59.4 Å². The minimum atomic E-state index is -0.823. The second kappa shape index (κ2) is 12.1. The molecule has 2 atom stereocenters. The highest BCUT2D eigenvalue weighted by molar-refractivity contribution is 5.80. The lowest BCUT2D eigenvalue weighted by Gasteiger charge is -2.24. The number of carboxylic acids is 1. The Balaban J connectivity index is 0.00000112. The smallest absolute Gasteiger partial charge is 0.304 e. The van der Waals surface area contributed by atoms with Crippen LogP contribution in [-0.2, 0) is 29.7 Å². The lowest BCUT2D eigenvalue weighted by Crippen LogP contribution is -2.30. The van der Waals surface area contributed by atoms with Crippen LogP contribution in [0.3, 0.4) is 0 Å². The first-order valence-corrected chi connectivity index (χ1v) is 12.9. The number of rotatable bonds is 6. The number of aryl methyl sites for hydroxylation is 3. The standard InChI is InChI=1S/C29H32N4O3.CH2O2/c1-18-9-10-21(13-23(18)17-33-15-19(2)36-27-8-6-5-7-22(27)16-33)25(14-28(34)35)24-11-12-26-29(20(24)3)30-31-32(26)4;2-1-3/h5-13,19,25H,14-17H2,1-4H3,(H,34,35);1H,(H,2,3)/t19-,25?;/m0./s1. The zero-order valence-electron chi connectivity index (χ0n) is 22.7. The average Bonchev–Trinajstić information content (AvgIpc) is 3.18. The summed E-state index contributed by atoms with van der Waals surface area (Å²) in [4.78, 5) is 22.7. The van der Waals surface area contributed by atoms with Crippen molar-refractivity contribution in [3.05, 3.63) is 88.0 Å². The van der Waals surface area contributed by atoms with Gasteiger partial charge in [-0.05, 0) is 60.7 Å². The van der Waals surface area contributed by atoms with Crippen molar-refractivity contribution in [3.8, 4) is 5.75 Å². The molecular weight excluding hydrogens is 496 g/mol. The summed E-state index contributed by atoms with van der Waals surface area (Å²) in [7, 11) is 1.86. The third-order valence-electron chi connectivity index (χ3n) is 7.21. The Bertz CT molecular complexity index is 1480. The molecule has 0 spiro atoms. The summed E-state index contributed by atoms with van der Waals surface area (Å²) in [5.41, 5.74) is 8.29. The lowest BCUT2D eigenvalue weighted by atomic mass is 9.84. The number of ether oxygens (including phenoxy) is 1. The quantitative estimate of drug-likeness (QED) is 0.345. The Morgan fingerprint density at radius 2 is 1.92 bits per heavy atom. The summed E-state index contributed by atoms with van der Waals surface area (Å²) < 4.78 is 7.89. The van der Waals surface area contributed by atoms with Crippen molar-refractivity contribution >= 4 is 23.5 Å². The van der Waals surface area contributed by atoms with Crippen LogP contribution in [0, 0.1) is 13.8 Å². The van der Waals surface area contributed by atoms with Gasteiger partial charge in [0.15, 0.2) is 0 Å². The number of carbonyl (C=O) groups is 2. The van der Waals surface area contributed by atoms with Gasteiger partial charge >= 0.3 is 5.97 Å². The van der Waals surface area contributed by atoms with E-state index in [1.54, 1.807) is 4.68 Å². The number of hydrogen-bond donors (Lipinski definition) is 2. The number of para-hydroxylation sites is 1. The fourth-order valence-corrected chi connectivity index (χ4v) is 5.32. The molecule has 204 valence electrons. The van der Waals surface area contributed by atoms with E-state index in [9.17, 15) is 9.90 Å². The van der Waals surface area contributed by atoms with Gasteiger partial charge in [0.25, 0.3) is 6.47 Å². The predicted octanol–water partition coefficient (Wildman–Crippen LogP) is 4.68. The highest BCUT2D eigenvalue weighted by Gasteiger charge is 2.24. The SMILES string of the molecule is Cc1ccc(C(CC(=O)O)c2ccc3c(nnn3C)c2C)cc1CN1Cc2ccccc2O[C@@H](C)C1.O=CO. The van der Waals surface area contributed by atoms with Crippen molar-refractivity contribution in [2.24, 2.45) is 7.05 Å².